The van der Waals surface area contributed by atoms with Crippen molar-refractivity contribution in [1.82, 2.24) is 0 Å². The van der Waals surface area contributed by atoms with Crippen molar-refractivity contribution in [2.75, 3.05) is 12.0 Å². The van der Waals surface area contributed by atoms with E-state index in [1.807, 2.05) is 6.92 Å². The minimum Gasteiger partial charge on any atom is -0.378 e. The van der Waals surface area contributed by atoms with Gasteiger partial charge in [-0.3, -0.25) is 0 Å². The molecule has 1 rings (SSSR count). The Morgan fingerprint density at radius 2 is 1.60 bits per heavy atom. The van der Waals surface area contributed by atoms with Crippen molar-refractivity contribution in [3.8, 4) is 11.5 Å². The molecule has 0 aromatic carbocycles. The van der Waals surface area contributed by atoms with E-state index in [0.29, 0.717) is 6.42 Å². The van der Waals surface area contributed by atoms with Crippen LogP contribution >= 0.6 is 11.3 Å². The van der Waals surface area contributed by atoms with Crippen LogP contribution in [0.1, 0.15) is 32.6 Å². The van der Waals surface area contributed by atoms with Crippen LogP contribution in [-0.2, 0) is 20.2 Å². The van der Waals surface area contributed by atoms with Crippen molar-refractivity contribution in [2.24, 2.45) is 0 Å². The van der Waals surface area contributed by atoms with Gasteiger partial charge in [-0.15, -0.1) is 11.3 Å². The van der Waals surface area contributed by atoms with Gasteiger partial charge in [-0.1, -0.05) is 26.2 Å². The molecule has 20 heavy (non-hydrogen) atoms. The second kappa shape index (κ2) is 7.28. The molecule has 116 valence electrons. The smallest absolute Gasteiger partial charge is 0.309 e. The SMILES string of the molecule is CCCCCCS(=O)(=O)Oc1cscc1OS(C)(=O)=O. The van der Waals surface area contributed by atoms with Gasteiger partial charge in [0.2, 0.25) is 0 Å². The maximum Gasteiger partial charge on any atom is 0.309 e. The molecule has 6 nitrogen and oxygen atoms in total. The lowest BCUT2D eigenvalue weighted by Gasteiger charge is -2.07. The van der Waals surface area contributed by atoms with Crippen LogP contribution in [0.5, 0.6) is 11.5 Å². The van der Waals surface area contributed by atoms with Gasteiger partial charge in [-0.2, -0.15) is 16.8 Å². The van der Waals surface area contributed by atoms with Crippen LogP contribution in [0.4, 0.5) is 0 Å². The molecule has 0 unspecified atom stereocenters. The summed E-state index contributed by atoms with van der Waals surface area (Å²) in [6.07, 6.45) is 4.19. The van der Waals surface area contributed by atoms with Crippen molar-refractivity contribution in [1.29, 1.82) is 0 Å². The molecule has 0 spiro atoms. The van der Waals surface area contributed by atoms with E-state index in [1.165, 1.54) is 10.8 Å². The van der Waals surface area contributed by atoms with Gasteiger partial charge in [0.05, 0.1) is 12.0 Å². The van der Waals surface area contributed by atoms with E-state index in [-0.39, 0.29) is 17.3 Å². The second-order valence-electron chi connectivity index (χ2n) is 4.29. The summed E-state index contributed by atoms with van der Waals surface area (Å²) in [5.74, 6) is -0.285. The van der Waals surface area contributed by atoms with Crippen LogP contribution in [0.15, 0.2) is 10.8 Å². The lowest BCUT2D eigenvalue weighted by atomic mass is 10.2. The molecule has 0 bridgehead atoms. The molecule has 9 heteroatoms. The molecule has 0 radical (unpaired) electrons. The molecule has 0 atom stereocenters. The first-order valence-corrected chi connectivity index (χ1v) is 10.4. The Balaban J connectivity index is 2.66. The fraction of sp³-hybridized carbons (Fsp3) is 0.636. The van der Waals surface area contributed by atoms with Gasteiger partial charge < -0.3 is 8.37 Å². The standard InChI is InChI=1S/C11H18O6S3/c1-3-4-5-6-7-20(14,15)17-11-9-18-8-10(11)16-19(2,12)13/h8-9H,3-7H2,1-2H3. The van der Waals surface area contributed by atoms with Crippen LogP contribution in [0.2, 0.25) is 0 Å². The van der Waals surface area contributed by atoms with Crippen molar-refractivity contribution in [2.45, 2.75) is 32.6 Å². The number of hydrogen-bond acceptors (Lipinski definition) is 7. The van der Waals surface area contributed by atoms with Crippen molar-refractivity contribution >= 4 is 31.6 Å². The van der Waals surface area contributed by atoms with Crippen molar-refractivity contribution < 1.29 is 25.2 Å². The van der Waals surface area contributed by atoms with E-state index in [4.69, 9.17) is 4.18 Å². The normalized spacial score (nSPS) is 12.3. The first-order valence-electron chi connectivity index (χ1n) is 6.11. The van der Waals surface area contributed by atoms with Gasteiger partial charge in [-0.25, -0.2) is 0 Å². The molecule has 0 N–H and O–H groups in total. The fourth-order valence-electron chi connectivity index (χ4n) is 1.44. The van der Waals surface area contributed by atoms with Gasteiger partial charge in [0.25, 0.3) is 0 Å². The third-order valence-corrected chi connectivity index (χ3v) is 4.70. The molecular formula is C11H18O6S3. The summed E-state index contributed by atoms with van der Waals surface area (Å²) in [6.45, 7) is 2.03. The molecule has 0 aliphatic carbocycles. The Morgan fingerprint density at radius 3 is 2.15 bits per heavy atom. The number of rotatable bonds is 9. The summed E-state index contributed by atoms with van der Waals surface area (Å²) in [7, 11) is -7.45. The van der Waals surface area contributed by atoms with Gasteiger partial charge >= 0.3 is 20.2 Å². The molecule has 0 fully saturated rings. The number of thiophene rings is 1. The highest BCUT2D eigenvalue weighted by Gasteiger charge is 2.19. The van der Waals surface area contributed by atoms with E-state index >= 15 is 0 Å². The van der Waals surface area contributed by atoms with E-state index in [1.54, 1.807) is 0 Å². The lowest BCUT2D eigenvalue weighted by Crippen LogP contribution is -2.14. The Hall–Kier alpha value is -0.800. The largest absolute Gasteiger partial charge is 0.378 e. The van der Waals surface area contributed by atoms with Gasteiger partial charge in [0.1, 0.15) is 0 Å². The minimum absolute atomic E-state index is 0.0871. The second-order valence-corrected chi connectivity index (χ2v) is 8.30. The zero-order chi connectivity index (χ0) is 15.2. The Kier molecular flexibility index (Phi) is 6.28. The molecule has 1 heterocycles. The predicted molar refractivity (Wildman–Crippen MR) is 78.3 cm³/mol. The third-order valence-electron chi connectivity index (χ3n) is 2.30. The zero-order valence-corrected chi connectivity index (χ0v) is 13.8. The first-order chi connectivity index (χ1) is 9.23. The molecule has 1 aromatic heterocycles. The summed E-state index contributed by atoms with van der Waals surface area (Å²) >= 11 is 1.10. The van der Waals surface area contributed by atoms with E-state index in [9.17, 15) is 16.8 Å². The van der Waals surface area contributed by atoms with Crippen molar-refractivity contribution in [3.05, 3.63) is 10.8 Å². The van der Waals surface area contributed by atoms with E-state index in [2.05, 4.69) is 4.18 Å². The topological polar surface area (TPSA) is 86.7 Å². The molecular weight excluding hydrogens is 324 g/mol. The van der Waals surface area contributed by atoms with Gasteiger partial charge in [-0.05, 0) is 6.42 Å². The Bertz CT molecular complexity index is 614. The summed E-state index contributed by atoms with van der Waals surface area (Å²) in [4.78, 5) is 0. The quantitative estimate of drug-likeness (QED) is 0.506. The van der Waals surface area contributed by atoms with Crippen LogP contribution in [0, 0.1) is 0 Å². The first kappa shape index (κ1) is 17.3. The maximum atomic E-state index is 11.8. The van der Waals surface area contributed by atoms with Crippen LogP contribution in [-0.4, -0.2) is 28.8 Å². The predicted octanol–water partition coefficient (Wildman–Crippen LogP) is 2.38. The average Bonchev–Trinajstić information content (AvgIpc) is 2.69. The average molecular weight is 342 g/mol. The maximum absolute atomic E-state index is 11.8. The molecule has 0 aliphatic heterocycles. The molecule has 0 aliphatic rings. The van der Waals surface area contributed by atoms with Gasteiger partial charge in [0, 0.05) is 10.8 Å². The molecule has 0 amide bonds. The van der Waals surface area contributed by atoms with Crippen molar-refractivity contribution in [3.63, 3.8) is 0 Å². The van der Waals surface area contributed by atoms with Crippen LogP contribution in [0.3, 0.4) is 0 Å². The Morgan fingerprint density at radius 1 is 1.00 bits per heavy atom. The van der Waals surface area contributed by atoms with Crippen LogP contribution in [0.25, 0.3) is 0 Å². The summed E-state index contributed by atoms with van der Waals surface area (Å²) in [6, 6.07) is 0. The molecule has 1 aromatic rings. The van der Waals surface area contributed by atoms with Gasteiger partial charge in [0.15, 0.2) is 11.5 Å². The highest BCUT2D eigenvalue weighted by atomic mass is 32.2. The highest BCUT2D eigenvalue weighted by Crippen LogP contribution is 2.33. The monoisotopic (exact) mass is 342 g/mol. The summed E-state index contributed by atoms with van der Waals surface area (Å²) in [5.41, 5.74) is 0. The number of hydrogen-bond donors (Lipinski definition) is 0. The number of unbranched alkanes of at least 4 members (excludes halogenated alkanes) is 3. The highest BCUT2D eigenvalue weighted by molar-refractivity contribution is 7.87. The lowest BCUT2D eigenvalue weighted by molar-refractivity contribution is 0.453. The van der Waals surface area contributed by atoms with E-state index < -0.39 is 20.2 Å². The molecule has 0 saturated heterocycles. The zero-order valence-electron chi connectivity index (χ0n) is 11.4. The van der Waals surface area contributed by atoms with E-state index in [0.717, 1.165) is 36.9 Å². The summed E-state index contributed by atoms with van der Waals surface area (Å²) in [5, 5.41) is 2.77. The molecule has 0 saturated carbocycles. The summed E-state index contributed by atoms with van der Waals surface area (Å²) < 4.78 is 55.1. The van der Waals surface area contributed by atoms with Crippen LogP contribution < -0.4 is 8.37 Å². The fourth-order valence-corrected chi connectivity index (χ4v) is 3.71. The third kappa shape index (κ3) is 6.58. The Labute approximate surface area is 124 Å². The minimum atomic E-state index is -3.73.